The van der Waals surface area contributed by atoms with Crippen molar-refractivity contribution in [2.75, 3.05) is 6.61 Å². The molecule has 0 aliphatic rings. The third-order valence-electron chi connectivity index (χ3n) is 2.45. The summed E-state index contributed by atoms with van der Waals surface area (Å²) in [6.07, 6.45) is 1.56. The molecule has 3 nitrogen and oxygen atoms in total. The van der Waals surface area contributed by atoms with Crippen LogP contribution in [-0.2, 0) is 18.0 Å². The van der Waals surface area contributed by atoms with Gasteiger partial charge in [0.25, 0.3) is 0 Å². The van der Waals surface area contributed by atoms with E-state index in [0.29, 0.717) is 23.5 Å². The van der Waals surface area contributed by atoms with Gasteiger partial charge in [-0.25, -0.2) is 4.39 Å². The third kappa shape index (κ3) is 3.95. The van der Waals surface area contributed by atoms with E-state index in [9.17, 15) is 4.39 Å². The highest BCUT2D eigenvalue weighted by atomic mass is 19.1. The van der Waals surface area contributed by atoms with Crippen molar-refractivity contribution < 1.29 is 18.7 Å². The van der Waals surface area contributed by atoms with Gasteiger partial charge in [0, 0.05) is 11.1 Å². The van der Waals surface area contributed by atoms with Gasteiger partial charge in [0.2, 0.25) is 0 Å². The molecule has 1 heterocycles. The minimum absolute atomic E-state index is 0.167. The molecule has 1 aromatic carbocycles. The Morgan fingerprint density at radius 3 is 2.84 bits per heavy atom. The molecule has 0 saturated carbocycles. The Kier molecular flexibility index (Phi) is 4.73. The second kappa shape index (κ2) is 6.74. The van der Waals surface area contributed by atoms with E-state index in [-0.39, 0.29) is 19.0 Å². The number of halogens is 1. The molecule has 0 aliphatic heterocycles. The Hall–Kier alpha value is -2.09. The van der Waals surface area contributed by atoms with Crippen molar-refractivity contribution in [2.24, 2.45) is 0 Å². The quantitative estimate of drug-likeness (QED) is 0.859. The molecule has 0 amide bonds. The van der Waals surface area contributed by atoms with Crippen LogP contribution < -0.4 is 0 Å². The van der Waals surface area contributed by atoms with Gasteiger partial charge in [-0.05, 0) is 24.3 Å². The van der Waals surface area contributed by atoms with Crippen LogP contribution in [0.25, 0.3) is 0 Å². The van der Waals surface area contributed by atoms with Crippen molar-refractivity contribution in [3.63, 3.8) is 0 Å². The standard InChI is InChI=1S/C15H13FO3/c16-15-9-12(3-1-7-17)5-6-13(15)10-18-11-14-4-2-8-19-14/h2,4-6,8-9,17H,7,10-11H2. The SMILES string of the molecule is OCC#Cc1ccc(COCc2ccco2)c(F)c1. The number of benzene rings is 1. The van der Waals surface area contributed by atoms with Crippen molar-refractivity contribution in [2.45, 2.75) is 13.2 Å². The monoisotopic (exact) mass is 260 g/mol. The minimum atomic E-state index is -0.371. The summed E-state index contributed by atoms with van der Waals surface area (Å²) in [4.78, 5) is 0. The van der Waals surface area contributed by atoms with Gasteiger partial charge in [0.1, 0.15) is 24.8 Å². The molecule has 2 rings (SSSR count). The van der Waals surface area contributed by atoms with Gasteiger partial charge in [-0.2, -0.15) is 0 Å². The van der Waals surface area contributed by atoms with Gasteiger partial charge in [-0.15, -0.1) is 0 Å². The van der Waals surface area contributed by atoms with Crippen LogP contribution in [0.1, 0.15) is 16.9 Å². The third-order valence-corrected chi connectivity index (χ3v) is 2.45. The van der Waals surface area contributed by atoms with Crippen molar-refractivity contribution in [3.05, 3.63) is 59.3 Å². The Balaban J connectivity index is 1.93. The second-order valence-corrected chi connectivity index (χ2v) is 3.84. The van der Waals surface area contributed by atoms with Crippen LogP contribution in [0, 0.1) is 17.7 Å². The summed E-state index contributed by atoms with van der Waals surface area (Å²) in [7, 11) is 0. The molecule has 0 spiro atoms. The van der Waals surface area contributed by atoms with Crippen LogP contribution >= 0.6 is 0 Å². The molecule has 0 saturated heterocycles. The zero-order valence-electron chi connectivity index (χ0n) is 10.2. The summed E-state index contributed by atoms with van der Waals surface area (Å²) in [6.45, 7) is 0.231. The highest BCUT2D eigenvalue weighted by Gasteiger charge is 2.04. The molecular formula is C15H13FO3. The number of rotatable bonds is 4. The zero-order valence-corrected chi connectivity index (χ0v) is 10.2. The van der Waals surface area contributed by atoms with E-state index in [1.54, 1.807) is 30.5 Å². The fourth-order valence-corrected chi connectivity index (χ4v) is 1.54. The van der Waals surface area contributed by atoms with Gasteiger partial charge in [-0.1, -0.05) is 17.9 Å². The first kappa shape index (κ1) is 13.3. The van der Waals surface area contributed by atoms with Gasteiger partial charge in [0.15, 0.2) is 0 Å². The normalized spacial score (nSPS) is 10.0. The van der Waals surface area contributed by atoms with Gasteiger partial charge < -0.3 is 14.3 Å². The molecule has 4 heteroatoms. The summed E-state index contributed by atoms with van der Waals surface area (Å²) in [5.74, 6) is 5.44. The molecule has 2 aromatic rings. The summed E-state index contributed by atoms with van der Waals surface area (Å²) in [5, 5.41) is 8.56. The number of hydrogen-bond acceptors (Lipinski definition) is 3. The highest BCUT2D eigenvalue weighted by molar-refractivity contribution is 5.36. The summed E-state index contributed by atoms with van der Waals surface area (Å²) >= 11 is 0. The molecule has 0 unspecified atom stereocenters. The molecule has 1 N–H and O–H groups in total. The van der Waals surface area contributed by atoms with Crippen molar-refractivity contribution in [1.29, 1.82) is 0 Å². The minimum Gasteiger partial charge on any atom is -0.467 e. The maximum absolute atomic E-state index is 13.7. The lowest BCUT2D eigenvalue weighted by molar-refractivity contribution is 0.0909. The van der Waals surface area contributed by atoms with Gasteiger partial charge in [0.05, 0.1) is 12.9 Å². The van der Waals surface area contributed by atoms with Crippen LogP contribution in [0.15, 0.2) is 41.0 Å². The predicted molar refractivity (Wildman–Crippen MR) is 67.6 cm³/mol. The lowest BCUT2D eigenvalue weighted by Gasteiger charge is -2.04. The van der Waals surface area contributed by atoms with Crippen LogP contribution in [0.3, 0.4) is 0 Å². The molecule has 19 heavy (non-hydrogen) atoms. The average Bonchev–Trinajstić information content (AvgIpc) is 2.92. The number of hydrogen-bond donors (Lipinski definition) is 1. The van der Waals surface area contributed by atoms with E-state index in [2.05, 4.69) is 11.8 Å². The Bertz CT molecular complexity index is 579. The van der Waals surface area contributed by atoms with Crippen LogP contribution in [0.2, 0.25) is 0 Å². The molecule has 0 fully saturated rings. The molecule has 0 bridgehead atoms. The highest BCUT2D eigenvalue weighted by Crippen LogP contribution is 2.12. The fourth-order valence-electron chi connectivity index (χ4n) is 1.54. The summed E-state index contributed by atoms with van der Waals surface area (Å²) in [6, 6.07) is 8.21. The smallest absolute Gasteiger partial charge is 0.129 e. The number of aliphatic hydroxyl groups is 1. The van der Waals surface area contributed by atoms with Crippen molar-refractivity contribution in [3.8, 4) is 11.8 Å². The van der Waals surface area contributed by atoms with Crippen LogP contribution in [-0.4, -0.2) is 11.7 Å². The van der Waals surface area contributed by atoms with E-state index in [1.165, 1.54) is 6.07 Å². The maximum Gasteiger partial charge on any atom is 0.129 e. The van der Waals surface area contributed by atoms with Gasteiger partial charge in [-0.3, -0.25) is 0 Å². The summed E-state index contributed by atoms with van der Waals surface area (Å²) in [5.41, 5.74) is 0.988. The molecule has 0 aliphatic carbocycles. The average molecular weight is 260 g/mol. The fraction of sp³-hybridized carbons (Fsp3) is 0.200. The van der Waals surface area contributed by atoms with Crippen molar-refractivity contribution >= 4 is 0 Å². The molecule has 0 atom stereocenters. The Morgan fingerprint density at radius 1 is 1.26 bits per heavy atom. The largest absolute Gasteiger partial charge is 0.467 e. The van der Waals surface area contributed by atoms with Gasteiger partial charge >= 0.3 is 0 Å². The first-order chi connectivity index (χ1) is 9.29. The van der Waals surface area contributed by atoms with E-state index in [0.717, 1.165) is 0 Å². The second-order valence-electron chi connectivity index (χ2n) is 3.84. The van der Waals surface area contributed by atoms with E-state index in [4.69, 9.17) is 14.3 Å². The Morgan fingerprint density at radius 2 is 2.16 bits per heavy atom. The van der Waals surface area contributed by atoms with Crippen LogP contribution in [0.5, 0.6) is 0 Å². The number of furan rings is 1. The first-order valence-corrected chi connectivity index (χ1v) is 5.78. The summed E-state index contributed by atoms with van der Waals surface area (Å²) < 4.78 is 24.2. The predicted octanol–water partition coefficient (Wildman–Crippen LogP) is 2.48. The van der Waals surface area contributed by atoms with Crippen LogP contribution in [0.4, 0.5) is 4.39 Å². The van der Waals surface area contributed by atoms with Crippen molar-refractivity contribution in [1.82, 2.24) is 0 Å². The molecule has 0 radical (unpaired) electrons. The maximum atomic E-state index is 13.7. The van der Waals surface area contributed by atoms with E-state index < -0.39 is 0 Å². The lowest BCUT2D eigenvalue weighted by atomic mass is 10.1. The van der Waals surface area contributed by atoms with E-state index >= 15 is 0 Å². The number of ether oxygens (including phenoxy) is 1. The Labute approximate surface area is 110 Å². The molecule has 1 aromatic heterocycles. The van der Waals surface area contributed by atoms with E-state index in [1.807, 2.05) is 0 Å². The lowest BCUT2D eigenvalue weighted by Crippen LogP contribution is -1.96. The number of aliphatic hydroxyl groups excluding tert-OH is 1. The first-order valence-electron chi connectivity index (χ1n) is 5.78. The zero-order chi connectivity index (χ0) is 13.5. The topological polar surface area (TPSA) is 42.6 Å². The molecular weight excluding hydrogens is 247 g/mol. The molecule has 98 valence electrons.